The van der Waals surface area contributed by atoms with Crippen molar-refractivity contribution in [2.45, 2.75) is 179 Å². The van der Waals surface area contributed by atoms with Crippen molar-refractivity contribution >= 4 is 23.9 Å². The number of fused-ring (bicyclic) bond motifs is 4. The minimum Gasteiger partial charge on any atom is -0.455 e. The molecule has 12 unspecified atom stereocenters. The van der Waals surface area contributed by atoms with E-state index < -0.39 is 201 Å². The summed E-state index contributed by atoms with van der Waals surface area (Å²) in [5.74, 6) is -9.15. The lowest BCUT2D eigenvalue weighted by molar-refractivity contribution is -0.323. The average molecular weight is 1330 g/mol. The largest absolute Gasteiger partial charge is 0.455 e. The van der Waals surface area contributed by atoms with Crippen LogP contribution in [0.5, 0.6) is 0 Å². The van der Waals surface area contributed by atoms with Gasteiger partial charge in [0.25, 0.3) is 0 Å². The van der Waals surface area contributed by atoms with Crippen molar-refractivity contribution in [3.05, 3.63) is 71.8 Å². The Hall–Kier alpha value is -4.32. The molecule has 0 aromatic heterocycles. The summed E-state index contributed by atoms with van der Waals surface area (Å²) in [6, 6.07) is 15.8. The fourth-order valence-electron chi connectivity index (χ4n) is 25.3. The quantitative estimate of drug-likeness (QED) is 0.0499. The standard InChI is InChI=1S/C71H98N2O22/c1-11-72-32-64(34-84-3)40(74)28-42(86-5)68-38-30-66(82)58(92-62(80)36-22-16-13-17-23-36)46(38)70(56(78)60(66)90-9,48(54(68)72)50(88-7)52(64)68)94-44(76)26-20-15-21-27-45(77)95-71-47-39(31-67(83,61(91-10)57(71)79)59(47)93-63(81)37-24-18-14-19-25-37)69-43(87-6)29-41(75)65(35-85-4)33-73(12-2)55(69)49(71)51(89-8)53(65)69/h13-14,16-19,22-25,38-43,46-61,74-75,78-79,82-83H,11-12,15,20-21,26-35H2,1-10H3/t38?,39?,40-,41-,42+,43+,46?,47?,48?,49?,50+,51+,52?,53?,54?,55?,56+,57+,58-,59-,60+,61+,64+,65+,66-,67-,68?,69?,70-,71-/m1/s1. The Morgan fingerprint density at radius 2 is 0.874 bits per heavy atom. The van der Waals surface area contributed by atoms with Crippen molar-refractivity contribution in [1.82, 2.24) is 9.80 Å². The summed E-state index contributed by atoms with van der Waals surface area (Å²) in [7, 11) is 12.3. The van der Waals surface area contributed by atoms with Crippen molar-refractivity contribution in [3.63, 3.8) is 0 Å². The van der Waals surface area contributed by atoms with E-state index in [1.54, 1.807) is 103 Å². The number of carbonyl (C=O) groups excluding carboxylic acids is 4. The molecule has 24 heteroatoms. The highest BCUT2D eigenvalue weighted by atomic mass is 16.6. The third kappa shape index (κ3) is 8.45. The summed E-state index contributed by atoms with van der Waals surface area (Å²) in [6.07, 6.45) is -13.3. The lowest BCUT2D eigenvalue weighted by atomic mass is 9.42. The van der Waals surface area contributed by atoms with Gasteiger partial charge < -0.3 is 87.5 Å². The maximum Gasteiger partial charge on any atom is 0.338 e. The lowest BCUT2D eigenvalue weighted by Crippen LogP contribution is -2.81. The molecule has 14 bridgehead atoms. The number of piperidine rings is 2. The molecule has 10 aliphatic carbocycles. The number of esters is 4. The summed E-state index contributed by atoms with van der Waals surface area (Å²) in [4.78, 5) is 64.2. The molecule has 10 saturated carbocycles. The molecule has 2 aliphatic heterocycles. The molecular weight excluding hydrogens is 1230 g/mol. The molecule has 30 atom stereocenters. The van der Waals surface area contributed by atoms with Crippen LogP contribution in [0, 0.1) is 69.0 Å². The zero-order valence-electron chi connectivity index (χ0n) is 56.2. The Kier molecular flexibility index (Phi) is 17.3. The monoisotopic (exact) mass is 1330 g/mol. The predicted molar refractivity (Wildman–Crippen MR) is 333 cm³/mol. The van der Waals surface area contributed by atoms with Crippen LogP contribution in [0.25, 0.3) is 0 Å². The molecule has 14 rings (SSSR count). The minimum absolute atomic E-state index is 0.0501. The molecule has 0 amide bonds. The van der Waals surface area contributed by atoms with E-state index in [2.05, 4.69) is 9.80 Å². The Balaban J connectivity index is 0.791. The zero-order chi connectivity index (χ0) is 67.5. The van der Waals surface area contributed by atoms with Crippen LogP contribution in [0.15, 0.2) is 60.7 Å². The third-order valence-electron chi connectivity index (χ3n) is 27.5. The highest BCUT2D eigenvalue weighted by Crippen LogP contribution is 2.83. The number of rotatable bonds is 24. The Morgan fingerprint density at radius 3 is 1.20 bits per heavy atom. The van der Waals surface area contributed by atoms with Gasteiger partial charge in [0.05, 0.1) is 61.0 Å². The number of carbonyl (C=O) groups is 4. The van der Waals surface area contributed by atoms with E-state index in [4.69, 9.17) is 56.8 Å². The van der Waals surface area contributed by atoms with E-state index >= 15 is 9.59 Å². The number of benzene rings is 2. The summed E-state index contributed by atoms with van der Waals surface area (Å²) < 4.78 is 78.5. The fourth-order valence-corrected chi connectivity index (χ4v) is 25.3. The summed E-state index contributed by atoms with van der Waals surface area (Å²) in [6.45, 7) is 6.03. The molecule has 24 nitrogen and oxygen atoms in total. The van der Waals surface area contributed by atoms with Crippen molar-refractivity contribution in [1.29, 1.82) is 0 Å². The molecule has 2 saturated heterocycles. The molecule has 0 radical (unpaired) electrons. The molecule has 95 heavy (non-hydrogen) atoms. The number of aliphatic hydroxyl groups is 6. The molecular formula is C71H98N2O22. The number of nitrogens with zero attached hydrogens (tertiary/aromatic N) is 2. The summed E-state index contributed by atoms with van der Waals surface area (Å²) >= 11 is 0. The first-order valence-corrected chi connectivity index (χ1v) is 34.4. The molecule has 6 N–H and O–H groups in total. The first kappa shape index (κ1) is 67.8. The average Bonchev–Trinajstić information content (AvgIpc) is 1.46. The Labute approximate surface area is 554 Å². The van der Waals surface area contributed by atoms with Crippen molar-refractivity contribution in [2.75, 3.05) is 96.3 Å². The van der Waals surface area contributed by atoms with Crippen LogP contribution in [0.3, 0.4) is 0 Å². The van der Waals surface area contributed by atoms with E-state index in [0.29, 0.717) is 26.2 Å². The molecule has 12 aliphatic rings. The van der Waals surface area contributed by atoms with Crippen molar-refractivity contribution in [2.24, 2.45) is 69.0 Å². The van der Waals surface area contributed by atoms with E-state index in [9.17, 15) is 40.2 Å². The van der Waals surface area contributed by atoms with E-state index in [0.717, 1.165) is 0 Å². The van der Waals surface area contributed by atoms with Crippen LogP contribution in [0.2, 0.25) is 0 Å². The predicted octanol–water partition coefficient (Wildman–Crippen LogP) is 2.22. The van der Waals surface area contributed by atoms with Crippen LogP contribution >= 0.6 is 0 Å². The van der Waals surface area contributed by atoms with Gasteiger partial charge in [-0.05, 0) is 74.9 Å². The lowest BCUT2D eigenvalue weighted by Gasteiger charge is -2.70. The molecule has 2 heterocycles. The van der Waals surface area contributed by atoms with Gasteiger partial charge >= 0.3 is 23.9 Å². The highest BCUT2D eigenvalue weighted by molar-refractivity contribution is 5.90. The van der Waals surface area contributed by atoms with Gasteiger partial charge in [0.15, 0.2) is 11.2 Å². The highest BCUT2D eigenvalue weighted by Gasteiger charge is 2.95. The zero-order valence-corrected chi connectivity index (χ0v) is 56.2. The van der Waals surface area contributed by atoms with Gasteiger partial charge in [0.1, 0.15) is 47.8 Å². The smallest absolute Gasteiger partial charge is 0.338 e. The number of hydrogen-bond donors (Lipinski definition) is 6. The second-order valence-electron chi connectivity index (χ2n) is 30.2. The molecule has 12 fully saturated rings. The van der Waals surface area contributed by atoms with E-state index in [1.807, 2.05) is 13.8 Å². The van der Waals surface area contributed by atoms with Gasteiger partial charge in [0.2, 0.25) is 0 Å². The number of methoxy groups -OCH3 is 8. The second kappa shape index (κ2) is 24.2. The number of unbranched alkanes of at least 4 members (excludes halogenated alkanes) is 2. The first-order valence-electron chi connectivity index (χ1n) is 34.4. The van der Waals surface area contributed by atoms with Crippen LogP contribution in [0.1, 0.15) is 92.4 Å². The maximum absolute atomic E-state index is 15.4. The minimum atomic E-state index is -2.01. The SMILES string of the molecule is CCN1C[C@@]2(COC)C3[C@@H](OC)C4C1C3(C1C[C@@]3(O)[C@H](OC(=O)c5ccccc5)C1[C@]4(OC(=O)CCCCCC(=O)O[C@@]14C5C6N(CC)C[C@@]7(COC)C([C@H]5OC)C6(C5C[C@@](O)([C@H](OC(=O)c6ccccc6)C51)[C@@H](OC)[C@@H]4O)[C@@H](OC)C[C@H]7O)[C@@H](O)[C@@H]3OC)[C@@H](OC)C[C@H]2O. The summed E-state index contributed by atoms with van der Waals surface area (Å²) in [5.41, 5.74) is -11.3. The van der Waals surface area contributed by atoms with Gasteiger partial charge in [-0.1, -0.05) is 56.7 Å². The van der Waals surface area contributed by atoms with Crippen LogP contribution < -0.4 is 0 Å². The maximum atomic E-state index is 15.4. The molecule has 2 spiro atoms. The third-order valence-corrected chi connectivity index (χ3v) is 27.5. The number of likely N-dealkylation sites (tertiary alicyclic amines) is 2. The molecule has 2 aromatic rings. The van der Waals surface area contributed by atoms with Crippen LogP contribution in [-0.2, 0) is 66.4 Å². The van der Waals surface area contributed by atoms with E-state index in [-0.39, 0.29) is 82.1 Å². The number of ether oxygens (including phenoxy) is 12. The molecule has 524 valence electrons. The number of aliphatic hydroxyl groups excluding tert-OH is 4. The first-order chi connectivity index (χ1) is 45.6. The van der Waals surface area contributed by atoms with Crippen LogP contribution in [0.4, 0.5) is 0 Å². The fraction of sp³-hybridized carbons (Fsp3) is 0.775. The number of hydrogen-bond acceptors (Lipinski definition) is 24. The Morgan fingerprint density at radius 1 is 0.495 bits per heavy atom. The molecule has 2 aromatic carbocycles. The van der Waals surface area contributed by atoms with Gasteiger partial charge in [-0.25, -0.2) is 9.59 Å². The normalized spacial score (nSPS) is 48.9. The van der Waals surface area contributed by atoms with Crippen LogP contribution in [-0.4, -0.2) is 268 Å². The van der Waals surface area contributed by atoms with E-state index in [1.165, 1.54) is 14.2 Å². The van der Waals surface area contributed by atoms with Gasteiger partial charge in [0, 0.05) is 165 Å². The topological polar surface area (TPSA) is 307 Å². The Bertz CT molecular complexity index is 3020. The van der Waals surface area contributed by atoms with Gasteiger partial charge in [-0.2, -0.15) is 0 Å². The van der Waals surface area contributed by atoms with Crippen molar-refractivity contribution in [3.8, 4) is 0 Å². The van der Waals surface area contributed by atoms with Crippen molar-refractivity contribution < 1.29 is 107 Å². The summed E-state index contributed by atoms with van der Waals surface area (Å²) in [5, 5.41) is 78.7. The van der Waals surface area contributed by atoms with Gasteiger partial charge in [-0.3, -0.25) is 19.4 Å². The van der Waals surface area contributed by atoms with Gasteiger partial charge in [-0.15, -0.1) is 0 Å². The second-order valence-corrected chi connectivity index (χ2v) is 30.2.